The van der Waals surface area contributed by atoms with Gasteiger partial charge in [-0.3, -0.25) is 34.1 Å². The Labute approximate surface area is 375 Å². The highest BCUT2D eigenvalue weighted by Gasteiger charge is 2.42. The molecule has 3 N–H and O–H groups in total. The summed E-state index contributed by atoms with van der Waals surface area (Å²) in [4.78, 5) is 51.8. The molecule has 5 aliphatic rings. The summed E-state index contributed by atoms with van der Waals surface area (Å²) in [5, 5.41) is 24.5. The lowest BCUT2D eigenvalue weighted by Gasteiger charge is -2.47. The number of hydrogen-bond donors (Lipinski definition) is 3. The van der Waals surface area contributed by atoms with E-state index in [2.05, 4.69) is 49.3 Å². The van der Waals surface area contributed by atoms with Gasteiger partial charge in [0.1, 0.15) is 17.5 Å². The Balaban J connectivity index is 0.743. The fourth-order valence-corrected chi connectivity index (χ4v) is 10.7. The molecule has 4 fully saturated rings. The minimum atomic E-state index is -0.841. The Kier molecular flexibility index (Phi) is 13.7. The van der Waals surface area contributed by atoms with Gasteiger partial charge in [-0.25, -0.2) is 0 Å². The molecule has 3 saturated heterocycles. The third-order valence-electron chi connectivity index (χ3n) is 14.2. The van der Waals surface area contributed by atoms with E-state index in [1.54, 1.807) is 12.3 Å². The fourth-order valence-electron chi connectivity index (χ4n) is 10.7. The first-order valence-electron chi connectivity index (χ1n) is 23.4. The molecule has 2 amide bonds. The number of morpholine rings is 1. The fraction of sp³-hybridized carbons (Fsp3) is 0.520. The molecule has 0 radical (unpaired) electrons. The van der Waals surface area contributed by atoms with Crippen LogP contribution < -0.4 is 10.1 Å². The minimum Gasteiger partial charge on any atom is -0.506 e. The van der Waals surface area contributed by atoms with Gasteiger partial charge in [-0.1, -0.05) is 67.8 Å². The Hall–Kier alpha value is -5.12. The van der Waals surface area contributed by atoms with E-state index in [-0.39, 0.29) is 35.9 Å². The van der Waals surface area contributed by atoms with Crippen LogP contribution >= 0.6 is 0 Å². The number of carbonyl (C=O) groups is 3. The number of hydrogen-bond acceptors (Lipinski definition) is 11. The third-order valence-corrected chi connectivity index (χ3v) is 14.2. The van der Waals surface area contributed by atoms with Crippen molar-refractivity contribution < 1.29 is 38.8 Å². The molecule has 3 aromatic carbocycles. The number of amides is 2. The van der Waals surface area contributed by atoms with Crippen molar-refractivity contribution in [3.8, 4) is 11.5 Å². The second-order valence-electron chi connectivity index (χ2n) is 18.4. The normalized spacial score (nSPS) is 21.8. The smallest absolute Gasteiger partial charge is 0.323 e. The number of carboxylic acids is 1. The molecule has 1 saturated carbocycles. The summed E-state index contributed by atoms with van der Waals surface area (Å²) >= 11 is 0. The molecule has 14 heteroatoms. The first-order chi connectivity index (χ1) is 31.2. The van der Waals surface area contributed by atoms with Crippen LogP contribution in [0.2, 0.25) is 0 Å². The molecule has 0 bridgehead atoms. The van der Waals surface area contributed by atoms with Gasteiger partial charge in [0.25, 0.3) is 11.8 Å². The van der Waals surface area contributed by atoms with Crippen molar-refractivity contribution in [2.75, 3.05) is 77.5 Å². The maximum Gasteiger partial charge on any atom is 0.323 e. The summed E-state index contributed by atoms with van der Waals surface area (Å²) in [6.07, 6.45) is 11.0. The van der Waals surface area contributed by atoms with Crippen LogP contribution in [0.4, 0.5) is 5.69 Å². The number of aliphatic carboxylic acids is 1. The van der Waals surface area contributed by atoms with Crippen LogP contribution in [0.15, 0.2) is 72.9 Å². The predicted molar refractivity (Wildman–Crippen MR) is 243 cm³/mol. The number of pyridine rings is 1. The zero-order valence-electron chi connectivity index (χ0n) is 36.8. The van der Waals surface area contributed by atoms with Gasteiger partial charge in [0.05, 0.1) is 42.5 Å². The number of fused-ring (bicyclic) bond motifs is 2. The maximum atomic E-state index is 13.6. The number of ether oxygens (including phenoxy) is 3. The summed E-state index contributed by atoms with van der Waals surface area (Å²) in [6, 6.07) is 21.6. The van der Waals surface area contributed by atoms with E-state index in [4.69, 9.17) is 14.2 Å². The lowest BCUT2D eigenvalue weighted by atomic mass is 9.89. The van der Waals surface area contributed by atoms with Gasteiger partial charge in [-0.2, -0.15) is 0 Å². The van der Waals surface area contributed by atoms with Gasteiger partial charge in [-0.05, 0) is 79.8 Å². The number of benzene rings is 3. The molecule has 9 rings (SSSR count). The van der Waals surface area contributed by atoms with E-state index < -0.39 is 12.0 Å². The molecule has 4 aromatic rings. The molecule has 4 aliphatic heterocycles. The SMILES string of the molecule is O=C1COc2c(CCN(CCN3CCC(OCCc4cccc(CN5CCC6(CC5)CN(C(=O)c5cnc7ccccc7c5)CCO6)c4)[C@H]3C(=O)O)C3CCCCC3)ccc(O)c2N1. The highest BCUT2D eigenvalue weighted by molar-refractivity contribution is 5.98. The summed E-state index contributed by atoms with van der Waals surface area (Å²) in [7, 11) is 0. The van der Waals surface area contributed by atoms with E-state index in [9.17, 15) is 24.6 Å². The molecule has 1 spiro atoms. The second-order valence-corrected chi connectivity index (χ2v) is 18.4. The Bertz CT molecular complexity index is 2290. The van der Waals surface area contributed by atoms with E-state index in [1.807, 2.05) is 41.3 Å². The lowest BCUT2D eigenvalue weighted by Crippen LogP contribution is -2.57. The molecule has 14 nitrogen and oxygen atoms in total. The van der Waals surface area contributed by atoms with Crippen molar-refractivity contribution in [3.63, 3.8) is 0 Å². The van der Waals surface area contributed by atoms with Crippen LogP contribution in [0, 0.1) is 0 Å². The minimum absolute atomic E-state index is 0.00633. The average Bonchev–Trinajstić information content (AvgIpc) is 3.73. The number of para-hydroxylation sites is 1. The summed E-state index contributed by atoms with van der Waals surface area (Å²) in [5.74, 6) is -0.586. The molecule has 5 heterocycles. The molecular formula is C50H62N6O8. The lowest BCUT2D eigenvalue weighted by molar-refractivity contribution is -0.146. The summed E-state index contributed by atoms with van der Waals surface area (Å²) in [6.45, 7) is 7.50. The van der Waals surface area contributed by atoms with E-state index in [0.29, 0.717) is 81.7 Å². The zero-order valence-corrected chi connectivity index (χ0v) is 36.8. The highest BCUT2D eigenvalue weighted by atomic mass is 16.5. The quantitative estimate of drug-likeness (QED) is 0.125. The number of carboxylic acid groups (broad SMARTS) is 1. The van der Waals surface area contributed by atoms with Crippen molar-refractivity contribution in [2.45, 2.75) is 94.5 Å². The van der Waals surface area contributed by atoms with Crippen LogP contribution in [-0.4, -0.2) is 149 Å². The predicted octanol–water partition coefficient (Wildman–Crippen LogP) is 5.74. The van der Waals surface area contributed by atoms with Gasteiger partial charge in [0, 0.05) is 70.0 Å². The number of phenols is 1. The number of nitrogens with one attached hydrogen (secondary N) is 1. The van der Waals surface area contributed by atoms with E-state index in [1.165, 1.54) is 30.4 Å². The van der Waals surface area contributed by atoms with Crippen molar-refractivity contribution in [2.24, 2.45) is 0 Å². The molecule has 64 heavy (non-hydrogen) atoms. The summed E-state index contributed by atoms with van der Waals surface area (Å²) < 4.78 is 18.6. The first kappa shape index (κ1) is 44.1. The molecule has 2 atom stereocenters. The number of aromatic hydroxyl groups is 1. The van der Waals surface area contributed by atoms with Crippen LogP contribution in [-0.2, 0) is 38.4 Å². The highest BCUT2D eigenvalue weighted by Crippen LogP contribution is 2.40. The number of carbonyl (C=O) groups excluding carboxylic acids is 2. The topological polar surface area (TPSA) is 157 Å². The maximum absolute atomic E-state index is 13.6. The third kappa shape index (κ3) is 10.2. The Morgan fingerprint density at radius 2 is 1.75 bits per heavy atom. The van der Waals surface area contributed by atoms with E-state index >= 15 is 0 Å². The summed E-state index contributed by atoms with van der Waals surface area (Å²) in [5.41, 5.74) is 4.84. The zero-order chi connectivity index (χ0) is 44.0. The van der Waals surface area contributed by atoms with Crippen LogP contribution in [0.3, 0.4) is 0 Å². The van der Waals surface area contributed by atoms with Crippen molar-refractivity contribution in [1.29, 1.82) is 0 Å². The largest absolute Gasteiger partial charge is 0.506 e. The van der Waals surface area contributed by atoms with Gasteiger partial charge >= 0.3 is 5.97 Å². The molecule has 340 valence electrons. The second kappa shape index (κ2) is 20.0. The number of rotatable bonds is 15. The first-order valence-corrected chi connectivity index (χ1v) is 23.4. The average molecular weight is 875 g/mol. The number of nitrogens with zero attached hydrogens (tertiary/aromatic N) is 5. The van der Waals surface area contributed by atoms with Gasteiger partial charge in [0.2, 0.25) is 0 Å². The van der Waals surface area contributed by atoms with Crippen molar-refractivity contribution in [3.05, 3.63) is 95.2 Å². The van der Waals surface area contributed by atoms with Gasteiger partial charge in [-0.15, -0.1) is 0 Å². The van der Waals surface area contributed by atoms with Crippen LogP contribution in [0.25, 0.3) is 10.9 Å². The van der Waals surface area contributed by atoms with Gasteiger partial charge < -0.3 is 34.6 Å². The van der Waals surface area contributed by atoms with Crippen LogP contribution in [0.1, 0.15) is 78.4 Å². The number of anilines is 1. The molecule has 1 unspecified atom stereocenters. The molecule has 1 aromatic heterocycles. The monoisotopic (exact) mass is 874 g/mol. The molecule has 1 aliphatic carbocycles. The number of aromatic nitrogens is 1. The number of piperidine rings is 1. The van der Waals surface area contributed by atoms with Gasteiger partial charge in [0.15, 0.2) is 12.4 Å². The number of phenolic OH excluding ortho intramolecular Hbond substituents is 1. The Morgan fingerprint density at radius 3 is 2.59 bits per heavy atom. The Morgan fingerprint density at radius 1 is 0.922 bits per heavy atom. The van der Waals surface area contributed by atoms with Crippen LogP contribution in [0.5, 0.6) is 11.5 Å². The van der Waals surface area contributed by atoms with E-state index in [0.717, 1.165) is 74.9 Å². The molecular weight excluding hydrogens is 813 g/mol. The van der Waals surface area contributed by atoms with Crippen molar-refractivity contribution in [1.82, 2.24) is 24.6 Å². The number of likely N-dealkylation sites (tertiary alicyclic amines) is 2. The standard InChI is InChI=1S/C50H62N6O8/c57-42-14-13-37(47-45(42)52-44(58)33-63-47)15-20-54(40-10-2-1-3-11-40)24-25-55-21-16-43(46(55)49(60)61)62-27-17-35-7-6-8-36(29-35)32-53-22-18-50(19-23-53)34-56(26-28-64-50)48(59)39-30-38-9-4-5-12-41(38)51-31-39/h4-9,12-14,29-31,40,43,46,57H,1-3,10-11,15-28,32-34H2,(H,52,58)(H,60,61)/t43?,46-/m0/s1. The van der Waals surface area contributed by atoms with Crippen molar-refractivity contribution >= 4 is 34.4 Å².